The number of carbonyl (C=O) groups is 1. The maximum absolute atomic E-state index is 12.7. The molecule has 5 nitrogen and oxygen atoms in total. The molecule has 4 rings (SSSR count). The molecule has 0 spiro atoms. The third-order valence-electron chi connectivity index (χ3n) is 5.78. The molecule has 0 atom stereocenters. The van der Waals surface area contributed by atoms with Gasteiger partial charge in [-0.25, -0.2) is 0 Å². The van der Waals surface area contributed by atoms with Gasteiger partial charge in [0.15, 0.2) is 5.78 Å². The second-order valence-corrected chi connectivity index (χ2v) is 8.55. The summed E-state index contributed by atoms with van der Waals surface area (Å²) < 4.78 is 16.9. The summed E-state index contributed by atoms with van der Waals surface area (Å²) in [5, 5.41) is 0.676. The standard InChI is InChI=1S/C28H28ClNO4/c1-20-17-24(29)7-12-27(20)34-19-23-18-21(4-11-28(23)32-2)3-10-26(31)22-5-8-25(9-6-22)30-13-15-33-16-14-30/h3-12,17-18H,13-16,19H2,1-2H3/b10-3+. The van der Waals surface area contributed by atoms with Crippen molar-refractivity contribution in [3.8, 4) is 11.5 Å². The Kier molecular flexibility index (Phi) is 7.88. The third-order valence-corrected chi connectivity index (χ3v) is 6.01. The highest BCUT2D eigenvalue weighted by Crippen LogP contribution is 2.26. The van der Waals surface area contributed by atoms with Crippen LogP contribution in [-0.4, -0.2) is 39.2 Å². The maximum Gasteiger partial charge on any atom is 0.185 e. The highest BCUT2D eigenvalue weighted by Gasteiger charge is 2.12. The SMILES string of the molecule is COc1ccc(/C=C/C(=O)c2ccc(N3CCOCC3)cc2)cc1COc1ccc(Cl)cc1C. The van der Waals surface area contributed by atoms with E-state index in [-0.39, 0.29) is 5.78 Å². The van der Waals surface area contributed by atoms with E-state index in [1.165, 1.54) is 0 Å². The van der Waals surface area contributed by atoms with Crippen LogP contribution in [-0.2, 0) is 11.3 Å². The molecule has 3 aromatic rings. The van der Waals surface area contributed by atoms with Gasteiger partial charge >= 0.3 is 0 Å². The number of ether oxygens (including phenoxy) is 3. The van der Waals surface area contributed by atoms with Gasteiger partial charge in [0, 0.05) is 34.9 Å². The van der Waals surface area contributed by atoms with Gasteiger partial charge in [0.05, 0.1) is 20.3 Å². The Morgan fingerprint density at radius 2 is 1.76 bits per heavy atom. The summed E-state index contributed by atoms with van der Waals surface area (Å²) in [7, 11) is 1.63. The fourth-order valence-electron chi connectivity index (χ4n) is 3.87. The summed E-state index contributed by atoms with van der Waals surface area (Å²) in [6, 6.07) is 19.0. The van der Waals surface area contributed by atoms with E-state index in [0.717, 1.165) is 60.2 Å². The van der Waals surface area contributed by atoms with Crippen LogP contribution < -0.4 is 14.4 Å². The molecule has 0 amide bonds. The summed E-state index contributed by atoms with van der Waals surface area (Å²) >= 11 is 6.03. The Hall–Kier alpha value is -3.28. The Labute approximate surface area is 205 Å². The summed E-state index contributed by atoms with van der Waals surface area (Å²) in [5.41, 5.74) is 4.52. The van der Waals surface area contributed by atoms with Gasteiger partial charge in [-0.15, -0.1) is 0 Å². The number of benzene rings is 3. The zero-order chi connectivity index (χ0) is 23.9. The van der Waals surface area contributed by atoms with Crippen molar-refractivity contribution in [2.24, 2.45) is 0 Å². The maximum atomic E-state index is 12.7. The molecule has 176 valence electrons. The van der Waals surface area contributed by atoms with E-state index in [4.69, 9.17) is 25.8 Å². The molecule has 1 fully saturated rings. The van der Waals surface area contributed by atoms with E-state index >= 15 is 0 Å². The smallest absolute Gasteiger partial charge is 0.185 e. The van der Waals surface area contributed by atoms with Crippen LogP contribution >= 0.6 is 11.6 Å². The Morgan fingerprint density at radius 3 is 2.47 bits per heavy atom. The molecule has 3 aromatic carbocycles. The van der Waals surface area contributed by atoms with Crippen LogP contribution in [0, 0.1) is 6.92 Å². The molecule has 0 aliphatic carbocycles. The average Bonchev–Trinajstić information content (AvgIpc) is 2.87. The Bertz CT molecular complexity index is 1170. The predicted molar refractivity (Wildman–Crippen MR) is 136 cm³/mol. The van der Waals surface area contributed by atoms with Crippen LogP contribution in [0.25, 0.3) is 6.08 Å². The number of allylic oxidation sites excluding steroid dienone is 1. The van der Waals surface area contributed by atoms with Crippen molar-refractivity contribution >= 4 is 29.1 Å². The van der Waals surface area contributed by atoms with Crippen LogP contribution in [0.3, 0.4) is 0 Å². The lowest BCUT2D eigenvalue weighted by atomic mass is 10.1. The first-order chi connectivity index (χ1) is 16.5. The first-order valence-corrected chi connectivity index (χ1v) is 11.6. The molecular weight excluding hydrogens is 450 g/mol. The number of rotatable bonds is 8. The monoisotopic (exact) mass is 477 g/mol. The lowest BCUT2D eigenvalue weighted by Crippen LogP contribution is -2.36. The number of hydrogen-bond acceptors (Lipinski definition) is 5. The van der Waals surface area contributed by atoms with Crippen LogP contribution in [0.15, 0.2) is 66.7 Å². The minimum absolute atomic E-state index is 0.0427. The zero-order valence-electron chi connectivity index (χ0n) is 19.4. The topological polar surface area (TPSA) is 48.0 Å². The van der Waals surface area contributed by atoms with E-state index in [1.807, 2.05) is 67.6 Å². The van der Waals surface area contributed by atoms with Gasteiger partial charge in [-0.05, 0) is 78.7 Å². The molecule has 1 aliphatic heterocycles. The highest BCUT2D eigenvalue weighted by atomic mass is 35.5. The van der Waals surface area contributed by atoms with E-state index < -0.39 is 0 Å². The number of halogens is 1. The number of anilines is 1. The summed E-state index contributed by atoms with van der Waals surface area (Å²) in [6.07, 6.45) is 3.41. The van der Waals surface area contributed by atoms with Crippen LogP contribution in [0.1, 0.15) is 27.0 Å². The normalized spacial score (nSPS) is 13.8. The first-order valence-electron chi connectivity index (χ1n) is 11.2. The first kappa shape index (κ1) is 23.9. The van der Waals surface area contributed by atoms with Crippen molar-refractivity contribution in [2.75, 3.05) is 38.3 Å². The van der Waals surface area contributed by atoms with E-state index in [9.17, 15) is 4.79 Å². The molecular formula is C28H28ClNO4. The van der Waals surface area contributed by atoms with Crippen molar-refractivity contribution in [2.45, 2.75) is 13.5 Å². The molecule has 0 unspecified atom stereocenters. The molecule has 0 bridgehead atoms. The molecule has 0 radical (unpaired) electrons. The van der Waals surface area contributed by atoms with Gasteiger partial charge in [-0.2, -0.15) is 0 Å². The number of carbonyl (C=O) groups excluding carboxylic acids is 1. The van der Waals surface area contributed by atoms with Gasteiger partial charge in [0.2, 0.25) is 0 Å². The summed E-state index contributed by atoms with van der Waals surface area (Å²) in [4.78, 5) is 15.0. The summed E-state index contributed by atoms with van der Waals surface area (Å²) in [6.45, 7) is 5.50. The number of methoxy groups -OCH3 is 1. The van der Waals surface area contributed by atoms with Crippen LogP contribution in [0.4, 0.5) is 5.69 Å². The molecule has 1 aliphatic rings. The lowest BCUT2D eigenvalue weighted by molar-refractivity contribution is 0.104. The van der Waals surface area contributed by atoms with Crippen molar-refractivity contribution in [1.29, 1.82) is 0 Å². The number of nitrogens with zero attached hydrogens (tertiary/aromatic N) is 1. The fourth-order valence-corrected chi connectivity index (χ4v) is 4.10. The zero-order valence-corrected chi connectivity index (χ0v) is 20.2. The van der Waals surface area contributed by atoms with Crippen LogP contribution in [0.2, 0.25) is 5.02 Å². The Balaban J connectivity index is 1.43. The van der Waals surface area contributed by atoms with Gasteiger partial charge in [0.25, 0.3) is 0 Å². The number of hydrogen-bond donors (Lipinski definition) is 0. The van der Waals surface area contributed by atoms with Gasteiger partial charge in [-0.1, -0.05) is 23.7 Å². The van der Waals surface area contributed by atoms with E-state index in [0.29, 0.717) is 17.2 Å². The van der Waals surface area contributed by atoms with Crippen molar-refractivity contribution in [3.05, 3.63) is 94.0 Å². The number of morpholine rings is 1. The van der Waals surface area contributed by atoms with Crippen molar-refractivity contribution in [3.63, 3.8) is 0 Å². The second-order valence-electron chi connectivity index (χ2n) is 8.11. The Morgan fingerprint density at radius 1 is 1.03 bits per heavy atom. The van der Waals surface area contributed by atoms with E-state index in [1.54, 1.807) is 19.3 Å². The summed E-state index contributed by atoms with van der Waals surface area (Å²) in [5.74, 6) is 1.45. The molecule has 34 heavy (non-hydrogen) atoms. The average molecular weight is 478 g/mol. The largest absolute Gasteiger partial charge is 0.496 e. The molecule has 0 aromatic heterocycles. The molecule has 0 saturated carbocycles. The van der Waals surface area contributed by atoms with Gasteiger partial charge in [0.1, 0.15) is 18.1 Å². The highest BCUT2D eigenvalue weighted by molar-refractivity contribution is 6.30. The number of aryl methyl sites for hydroxylation is 1. The molecule has 0 N–H and O–H groups in total. The van der Waals surface area contributed by atoms with Crippen molar-refractivity contribution in [1.82, 2.24) is 0 Å². The molecule has 1 saturated heterocycles. The van der Waals surface area contributed by atoms with Gasteiger partial charge in [-0.3, -0.25) is 4.79 Å². The van der Waals surface area contributed by atoms with Crippen LogP contribution in [0.5, 0.6) is 11.5 Å². The number of ketones is 1. The minimum atomic E-state index is -0.0427. The predicted octanol–water partition coefficient (Wildman–Crippen LogP) is 5.97. The quantitative estimate of drug-likeness (QED) is 0.295. The lowest BCUT2D eigenvalue weighted by Gasteiger charge is -2.28. The van der Waals surface area contributed by atoms with Crippen molar-refractivity contribution < 1.29 is 19.0 Å². The molecule has 6 heteroatoms. The minimum Gasteiger partial charge on any atom is -0.496 e. The van der Waals surface area contributed by atoms with E-state index in [2.05, 4.69) is 4.90 Å². The molecule has 1 heterocycles. The third kappa shape index (κ3) is 5.99. The van der Waals surface area contributed by atoms with Gasteiger partial charge < -0.3 is 19.1 Å². The second kappa shape index (κ2) is 11.2. The fraction of sp³-hybridized carbons (Fsp3) is 0.250.